The van der Waals surface area contributed by atoms with Crippen LogP contribution >= 0.6 is 0 Å². The molecule has 12 heteroatoms. The van der Waals surface area contributed by atoms with Crippen LogP contribution in [0.1, 0.15) is 16.7 Å². The normalized spacial score (nSPS) is 15.3. The first kappa shape index (κ1) is 29.3. The van der Waals surface area contributed by atoms with Crippen LogP contribution in [0.15, 0.2) is 125 Å². The number of hydrogen-bond donors (Lipinski definition) is 2. The van der Waals surface area contributed by atoms with Gasteiger partial charge in [0, 0.05) is 16.9 Å². The van der Waals surface area contributed by atoms with E-state index < -0.39 is 24.1 Å². The minimum atomic E-state index is -0.724. The van der Waals surface area contributed by atoms with Gasteiger partial charge in [-0.15, -0.1) is 0 Å². The van der Waals surface area contributed by atoms with Gasteiger partial charge in [-0.1, -0.05) is 42.5 Å². The van der Waals surface area contributed by atoms with Crippen LogP contribution in [0.2, 0.25) is 0 Å². The van der Waals surface area contributed by atoms with E-state index in [4.69, 9.17) is 14.2 Å². The number of amides is 2. The molecule has 0 bridgehead atoms. The summed E-state index contributed by atoms with van der Waals surface area (Å²) in [5.41, 5.74) is 3.22. The van der Waals surface area contributed by atoms with Gasteiger partial charge in [-0.05, 0) is 83.9 Å². The van der Waals surface area contributed by atoms with E-state index in [0.29, 0.717) is 28.1 Å². The third-order valence-corrected chi connectivity index (χ3v) is 6.37. The van der Waals surface area contributed by atoms with Gasteiger partial charge in [-0.2, -0.15) is 0 Å². The maximum Gasteiger partial charge on any atom is 0.417 e. The molecule has 0 fully saturated rings. The highest BCUT2D eigenvalue weighted by molar-refractivity contribution is 6.12. The lowest BCUT2D eigenvalue weighted by molar-refractivity contribution is -0.130. The quantitative estimate of drug-likeness (QED) is 0.185. The predicted molar refractivity (Wildman–Crippen MR) is 168 cm³/mol. The zero-order valence-electron chi connectivity index (χ0n) is 23.7. The molecule has 12 nitrogen and oxygen atoms in total. The van der Waals surface area contributed by atoms with E-state index in [1.54, 1.807) is 97.1 Å². The minimum Gasteiger partial charge on any atom is -0.410 e. The highest BCUT2D eigenvalue weighted by Crippen LogP contribution is 2.22. The molecule has 4 aromatic rings. The first-order valence-corrected chi connectivity index (χ1v) is 13.7. The number of aliphatic imine (C=N–C) groups is 2. The molecule has 0 saturated carbocycles. The van der Waals surface area contributed by atoms with Crippen molar-refractivity contribution in [3.8, 4) is 11.5 Å². The summed E-state index contributed by atoms with van der Waals surface area (Å²) in [5, 5.41) is 5.20. The van der Waals surface area contributed by atoms with Crippen molar-refractivity contribution >= 4 is 60.0 Å². The molecule has 0 saturated heterocycles. The Morgan fingerprint density at radius 3 is 1.65 bits per heavy atom. The standard InChI is InChI=1S/C34H22N4O8/c39-31-28(35-20-43-31)18-21-6-14-26(15-7-21)44-33(41)36-24-10-12-25(13-11-24)37-34(42)45-27-16-8-22(9-17-27)19-29-32(40)46-30(38-29)23-4-2-1-3-5-23/h1-20H,(H,36,41)(H,37,42)/b28-18-,29-19-. The fourth-order valence-corrected chi connectivity index (χ4v) is 4.17. The number of cyclic esters (lactones) is 2. The number of ether oxygens (including phenoxy) is 4. The topological polar surface area (TPSA) is 154 Å². The lowest BCUT2D eigenvalue weighted by atomic mass is 10.2. The van der Waals surface area contributed by atoms with Gasteiger partial charge in [0.2, 0.25) is 5.90 Å². The number of nitrogens with one attached hydrogen (secondary N) is 2. The molecular formula is C34H22N4O8. The highest BCUT2D eigenvalue weighted by atomic mass is 16.6. The van der Waals surface area contributed by atoms with E-state index in [-0.39, 0.29) is 28.8 Å². The summed E-state index contributed by atoms with van der Waals surface area (Å²) >= 11 is 0. The molecule has 0 atom stereocenters. The van der Waals surface area contributed by atoms with Gasteiger partial charge in [0.15, 0.2) is 17.8 Å². The van der Waals surface area contributed by atoms with E-state index in [0.717, 1.165) is 6.40 Å². The van der Waals surface area contributed by atoms with E-state index in [9.17, 15) is 19.2 Å². The van der Waals surface area contributed by atoms with Crippen molar-refractivity contribution in [2.75, 3.05) is 10.6 Å². The van der Waals surface area contributed by atoms with Crippen molar-refractivity contribution in [3.63, 3.8) is 0 Å². The fourth-order valence-electron chi connectivity index (χ4n) is 4.17. The van der Waals surface area contributed by atoms with Crippen molar-refractivity contribution in [1.82, 2.24) is 0 Å². The number of carbonyl (C=O) groups excluding carboxylic acids is 4. The van der Waals surface area contributed by atoms with Gasteiger partial charge >= 0.3 is 24.1 Å². The first-order valence-electron chi connectivity index (χ1n) is 13.7. The number of anilines is 2. The summed E-state index contributed by atoms with van der Waals surface area (Å²) in [4.78, 5) is 56.5. The second kappa shape index (κ2) is 13.2. The highest BCUT2D eigenvalue weighted by Gasteiger charge is 2.24. The summed E-state index contributed by atoms with van der Waals surface area (Å²) < 4.78 is 20.5. The Balaban J connectivity index is 0.976. The summed E-state index contributed by atoms with van der Waals surface area (Å²) in [5.74, 6) is -0.290. The molecule has 0 radical (unpaired) electrons. The van der Waals surface area contributed by atoms with Crippen LogP contribution in [-0.4, -0.2) is 36.4 Å². The number of esters is 2. The van der Waals surface area contributed by atoms with Crippen molar-refractivity contribution in [2.24, 2.45) is 9.98 Å². The lowest BCUT2D eigenvalue weighted by Gasteiger charge is -2.09. The zero-order valence-corrected chi connectivity index (χ0v) is 23.7. The molecular weight excluding hydrogens is 592 g/mol. The predicted octanol–water partition coefficient (Wildman–Crippen LogP) is 6.18. The molecule has 2 aliphatic rings. The van der Waals surface area contributed by atoms with Crippen LogP contribution in [0.3, 0.4) is 0 Å². The van der Waals surface area contributed by atoms with Crippen molar-refractivity contribution in [3.05, 3.63) is 131 Å². The molecule has 0 unspecified atom stereocenters. The van der Waals surface area contributed by atoms with Crippen LogP contribution < -0.4 is 20.1 Å². The van der Waals surface area contributed by atoms with Crippen molar-refractivity contribution < 1.29 is 38.1 Å². The molecule has 4 aromatic carbocycles. The number of carbonyl (C=O) groups is 4. The van der Waals surface area contributed by atoms with Crippen LogP contribution in [0.25, 0.3) is 12.2 Å². The van der Waals surface area contributed by atoms with E-state index in [1.807, 2.05) is 18.2 Å². The Morgan fingerprint density at radius 1 is 0.630 bits per heavy atom. The second-order valence-corrected chi connectivity index (χ2v) is 9.62. The summed E-state index contributed by atoms with van der Waals surface area (Å²) in [6, 6.07) is 28.4. The van der Waals surface area contributed by atoms with Crippen LogP contribution in [0.5, 0.6) is 11.5 Å². The molecule has 46 heavy (non-hydrogen) atoms. The van der Waals surface area contributed by atoms with Crippen LogP contribution in [-0.2, 0) is 19.1 Å². The molecule has 2 aliphatic heterocycles. The van der Waals surface area contributed by atoms with Crippen LogP contribution in [0, 0.1) is 0 Å². The van der Waals surface area contributed by atoms with E-state index in [1.165, 1.54) is 0 Å². The summed E-state index contributed by atoms with van der Waals surface area (Å²) in [7, 11) is 0. The lowest BCUT2D eigenvalue weighted by Crippen LogP contribution is -2.18. The monoisotopic (exact) mass is 614 g/mol. The van der Waals surface area contributed by atoms with Gasteiger partial charge in [-0.3, -0.25) is 10.6 Å². The first-order chi connectivity index (χ1) is 22.4. The van der Waals surface area contributed by atoms with E-state index in [2.05, 4.69) is 25.4 Å². The number of rotatable bonds is 7. The Morgan fingerprint density at radius 2 is 1.15 bits per heavy atom. The van der Waals surface area contributed by atoms with Crippen LogP contribution in [0.4, 0.5) is 21.0 Å². The average Bonchev–Trinajstić information content (AvgIpc) is 3.64. The Bertz CT molecular complexity index is 1930. The number of hydrogen-bond acceptors (Lipinski definition) is 10. The Hall–Kier alpha value is -6.82. The molecule has 2 N–H and O–H groups in total. The molecule has 0 aliphatic carbocycles. The minimum absolute atomic E-state index is 0.157. The van der Waals surface area contributed by atoms with Gasteiger partial charge in [0.1, 0.15) is 11.5 Å². The smallest absolute Gasteiger partial charge is 0.410 e. The van der Waals surface area contributed by atoms with Crippen molar-refractivity contribution in [2.45, 2.75) is 0 Å². The molecule has 0 aromatic heterocycles. The maximum absolute atomic E-state index is 12.4. The zero-order chi connectivity index (χ0) is 31.9. The molecule has 2 amide bonds. The largest absolute Gasteiger partial charge is 0.417 e. The third-order valence-electron chi connectivity index (χ3n) is 6.37. The molecule has 6 rings (SSSR count). The van der Waals surface area contributed by atoms with Crippen molar-refractivity contribution in [1.29, 1.82) is 0 Å². The molecule has 226 valence electrons. The Labute approximate surface area is 261 Å². The summed E-state index contributed by atoms with van der Waals surface area (Å²) in [6.07, 6.45) is 2.75. The summed E-state index contributed by atoms with van der Waals surface area (Å²) in [6.45, 7) is 0. The SMILES string of the molecule is O=C(Nc1ccc(NC(=O)Oc2ccc(/C=C3\N=C(c4ccccc4)OC3=O)cc2)cc1)Oc1ccc(/C=C2\N=COC2=O)cc1. The average molecular weight is 615 g/mol. The number of nitrogens with zero attached hydrogens (tertiary/aromatic N) is 2. The Kier molecular flexibility index (Phi) is 8.41. The van der Waals surface area contributed by atoms with Gasteiger partial charge in [0.05, 0.1) is 0 Å². The fraction of sp³-hybridized carbons (Fsp3) is 0. The molecule has 0 spiro atoms. The third kappa shape index (κ3) is 7.38. The second-order valence-electron chi connectivity index (χ2n) is 9.62. The van der Waals surface area contributed by atoms with Gasteiger partial charge < -0.3 is 18.9 Å². The van der Waals surface area contributed by atoms with Gasteiger partial charge in [0.25, 0.3) is 0 Å². The maximum atomic E-state index is 12.4. The number of benzene rings is 4. The van der Waals surface area contributed by atoms with Gasteiger partial charge in [-0.25, -0.2) is 29.2 Å². The molecule has 2 heterocycles. The van der Waals surface area contributed by atoms with E-state index >= 15 is 0 Å².